The molecule has 0 saturated heterocycles. The highest BCUT2D eigenvalue weighted by atomic mass is 31.2. The van der Waals surface area contributed by atoms with E-state index in [9.17, 15) is 19.0 Å². The second-order valence-electron chi connectivity index (χ2n) is 30.4. The maximum atomic E-state index is 13.7. The van der Waals surface area contributed by atoms with E-state index in [-0.39, 0.29) is 25.1 Å². The van der Waals surface area contributed by atoms with E-state index in [0.717, 1.165) is 57.8 Å². The van der Waals surface area contributed by atoms with Gasteiger partial charge in [0.1, 0.15) is 19.3 Å². The van der Waals surface area contributed by atoms with E-state index in [1.807, 2.05) is 27.2 Å². The van der Waals surface area contributed by atoms with Crippen molar-refractivity contribution in [2.75, 3.05) is 40.9 Å². The molecule has 0 aliphatic heterocycles. The van der Waals surface area contributed by atoms with Crippen LogP contribution in [0.25, 0.3) is 0 Å². The molecule has 1 amide bonds. The van der Waals surface area contributed by atoms with Gasteiger partial charge in [-0.25, -0.2) is 4.57 Å². The van der Waals surface area contributed by atoms with Gasteiger partial charge in [0.25, 0.3) is 0 Å². The zero-order valence-corrected chi connectivity index (χ0v) is 64.7. The van der Waals surface area contributed by atoms with Crippen molar-refractivity contribution in [1.29, 1.82) is 0 Å². The van der Waals surface area contributed by atoms with Crippen LogP contribution >= 0.6 is 7.82 Å². The second-order valence-corrected chi connectivity index (χ2v) is 31.8. The van der Waals surface area contributed by atoms with Gasteiger partial charge in [0.15, 0.2) is 0 Å². The van der Waals surface area contributed by atoms with Crippen molar-refractivity contribution >= 4 is 19.7 Å². The van der Waals surface area contributed by atoms with Gasteiger partial charge in [0, 0.05) is 12.8 Å². The summed E-state index contributed by atoms with van der Waals surface area (Å²) in [5.74, 6) is -0.470. The van der Waals surface area contributed by atoms with Gasteiger partial charge in [-0.1, -0.05) is 425 Å². The molecule has 0 aromatic heterocycles. The SMILES string of the molecule is CCCCCCCCCCCCC/C=C/C(OC(=O)CCCCCCCCCCCCCCCCCCCCCCCCCCCCC)C(COP(=O)(O)OCC[N+](C)(C)C)NC(=O)CCCCCCCCCCCCCCCCCCCCCCCCCCCCC. The zero-order valence-electron chi connectivity index (χ0n) is 63.8. The number of unbranched alkanes of at least 4 members (excludes halogenated alkanes) is 63. The molecule has 0 heterocycles. The summed E-state index contributed by atoms with van der Waals surface area (Å²) in [7, 11) is 1.53. The van der Waals surface area contributed by atoms with E-state index in [1.54, 1.807) is 0 Å². The fourth-order valence-corrected chi connectivity index (χ4v) is 14.0. The third-order valence-electron chi connectivity index (χ3n) is 19.7. The molecule has 0 rings (SSSR count). The summed E-state index contributed by atoms with van der Waals surface area (Å²) >= 11 is 0. The Morgan fingerprint density at radius 2 is 0.613 bits per heavy atom. The van der Waals surface area contributed by atoms with E-state index in [2.05, 4.69) is 32.2 Å². The number of likely N-dealkylation sites (N-methyl/N-ethyl adjacent to an activating group) is 1. The minimum absolute atomic E-state index is 0.0465. The molecule has 0 fully saturated rings. The van der Waals surface area contributed by atoms with Crippen LogP contribution in [0.15, 0.2) is 12.2 Å². The van der Waals surface area contributed by atoms with Crippen molar-refractivity contribution in [1.82, 2.24) is 5.32 Å². The van der Waals surface area contributed by atoms with Crippen LogP contribution in [0, 0.1) is 0 Å². The number of nitrogens with zero attached hydrogens (tertiary/aromatic N) is 1. The molecule has 2 N–H and O–H groups in total. The molecule has 0 bridgehead atoms. The average Bonchev–Trinajstić information content (AvgIpc) is 2.17. The summed E-state index contributed by atoms with van der Waals surface area (Å²) in [5, 5.41) is 3.10. The Morgan fingerprint density at radius 1 is 0.366 bits per heavy atom. The molecule has 0 aliphatic rings. The van der Waals surface area contributed by atoms with E-state index in [0.29, 0.717) is 23.9 Å². The Labute approximate surface area is 582 Å². The number of carbonyl (C=O) groups excluding carboxylic acids is 2. The number of amides is 1. The van der Waals surface area contributed by atoms with Crippen molar-refractivity contribution in [2.24, 2.45) is 0 Å². The standard InChI is InChI=1S/C83H165N2O7P/c1-7-10-13-16-19-22-25-28-30-32-34-36-38-40-42-44-46-48-50-52-54-57-60-63-66-69-72-75-82(86)84-80(79-91-93(88,89)90-78-77-85(4,5)6)81(74-71-68-65-62-59-56-27-24-21-18-15-12-9-3)92-83(87)76-73-70-67-64-61-58-55-53-51-49-47-45-43-41-39-37-35-33-31-29-26-23-20-17-14-11-8-2/h71,74,80-81H,7-70,72-73,75-79H2,1-6H3,(H-,84,86,88,89)/p+1/b74-71+. The highest BCUT2D eigenvalue weighted by Crippen LogP contribution is 2.43. The molecule has 0 spiro atoms. The van der Waals surface area contributed by atoms with Crippen LogP contribution in [-0.4, -0.2) is 74.3 Å². The molecule has 9 nitrogen and oxygen atoms in total. The fourth-order valence-electron chi connectivity index (χ4n) is 13.3. The molecule has 10 heteroatoms. The lowest BCUT2D eigenvalue weighted by Crippen LogP contribution is -2.47. The van der Waals surface area contributed by atoms with Gasteiger partial charge in [0.2, 0.25) is 5.91 Å². The molecular formula is C83H166N2O7P+. The van der Waals surface area contributed by atoms with Gasteiger partial charge in [-0.3, -0.25) is 18.6 Å². The van der Waals surface area contributed by atoms with Crippen LogP contribution in [0.4, 0.5) is 0 Å². The van der Waals surface area contributed by atoms with Gasteiger partial charge in [0.05, 0.1) is 33.8 Å². The van der Waals surface area contributed by atoms with E-state index < -0.39 is 20.0 Å². The smallest absolute Gasteiger partial charge is 0.456 e. The Bertz CT molecular complexity index is 1590. The number of hydrogen-bond acceptors (Lipinski definition) is 6. The minimum atomic E-state index is -4.45. The van der Waals surface area contributed by atoms with Crippen LogP contribution in [0.5, 0.6) is 0 Å². The van der Waals surface area contributed by atoms with Crippen molar-refractivity contribution < 1.29 is 37.3 Å². The maximum Gasteiger partial charge on any atom is 0.472 e. The molecule has 3 atom stereocenters. The molecule has 0 aromatic rings. The van der Waals surface area contributed by atoms with Crippen molar-refractivity contribution in [3.63, 3.8) is 0 Å². The Balaban J connectivity index is 4.85. The van der Waals surface area contributed by atoms with Gasteiger partial charge in [-0.15, -0.1) is 0 Å². The van der Waals surface area contributed by atoms with E-state index in [4.69, 9.17) is 13.8 Å². The third kappa shape index (κ3) is 74.8. The van der Waals surface area contributed by atoms with Crippen LogP contribution in [0.3, 0.4) is 0 Å². The summed E-state index contributed by atoms with van der Waals surface area (Å²) in [4.78, 5) is 38.1. The molecule has 0 radical (unpaired) electrons. The minimum Gasteiger partial charge on any atom is -0.456 e. The normalized spacial score (nSPS) is 13.3. The summed E-state index contributed by atoms with van der Waals surface area (Å²) in [5.41, 5.74) is 0. The lowest BCUT2D eigenvalue weighted by Gasteiger charge is -2.27. The largest absolute Gasteiger partial charge is 0.472 e. The predicted molar refractivity (Wildman–Crippen MR) is 407 cm³/mol. The van der Waals surface area contributed by atoms with Crippen molar-refractivity contribution in [3.05, 3.63) is 12.2 Å². The number of hydrogen-bond donors (Lipinski definition) is 2. The average molecular weight is 1340 g/mol. The number of esters is 1. The first-order valence-electron chi connectivity index (χ1n) is 42.0. The lowest BCUT2D eigenvalue weighted by atomic mass is 10.0. The number of quaternary nitrogens is 1. The van der Waals surface area contributed by atoms with Gasteiger partial charge >= 0.3 is 13.8 Å². The second kappa shape index (κ2) is 73.5. The topological polar surface area (TPSA) is 111 Å². The highest BCUT2D eigenvalue weighted by molar-refractivity contribution is 7.47. The molecule has 3 unspecified atom stereocenters. The Morgan fingerprint density at radius 3 is 0.882 bits per heavy atom. The molecule has 554 valence electrons. The number of rotatable bonds is 79. The van der Waals surface area contributed by atoms with Crippen molar-refractivity contribution in [3.8, 4) is 0 Å². The number of carbonyl (C=O) groups is 2. The van der Waals surface area contributed by atoms with Gasteiger partial charge in [-0.2, -0.15) is 0 Å². The number of ether oxygens (including phenoxy) is 1. The number of phosphoric ester groups is 1. The number of nitrogens with one attached hydrogen (secondary N) is 1. The van der Waals surface area contributed by atoms with Crippen LogP contribution in [0.1, 0.15) is 457 Å². The monoisotopic (exact) mass is 1330 g/mol. The van der Waals surface area contributed by atoms with Gasteiger partial charge < -0.3 is 19.4 Å². The number of phosphoric acid groups is 1. The lowest BCUT2D eigenvalue weighted by molar-refractivity contribution is -0.870. The fraction of sp³-hybridized carbons (Fsp3) is 0.952. The molecular weight excluding hydrogens is 1170 g/mol. The van der Waals surface area contributed by atoms with Crippen LogP contribution in [0.2, 0.25) is 0 Å². The maximum absolute atomic E-state index is 13.7. The first kappa shape index (κ1) is 91.8. The van der Waals surface area contributed by atoms with Gasteiger partial charge in [-0.05, 0) is 31.8 Å². The summed E-state index contributed by atoms with van der Waals surface area (Å²) in [6.07, 6.45) is 91.3. The quantitative estimate of drug-likeness (QED) is 0.0205. The Kier molecular flexibility index (Phi) is 72.5. The summed E-state index contributed by atoms with van der Waals surface area (Å²) in [6.45, 7) is 7.12. The first-order valence-corrected chi connectivity index (χ1v) is 43.5. The highest BCUT2D eigenvalue weighted by Gasteiger charge is 2.30. The summed E-state index contributed by atoms with van der Waals surface area (Å²) < 4.78 is 31.0. The summed E-state index contributed by atoms with van der Waals surface area (Å²) in [6, 6.07) is -0.842. The van der Waals surface area contributed by atoms with Crippen LogP contribution in [-0.2, 0) is 27.9 Å². The first-order chi connectivity index (χ1) is 45.4. The molecule has 0 aromatic carbocycles. The van der Waals surface area contributed by atoms with E-state index in [1.165, 1.54) is 366 Å². The zero-order chi connectivity index (χ0) is 67.8. The van der Waals surface area contributed by atoms with Crippen LogP contribution < -0.4 is 5.32 Å². The molecule has 93 heavy (non-hydrogen) atoms. The van der Waals surface area contributed by atoms with E-state index >= 15 is 0 Å². The molecule has 0 aliphatic carbocycles. The Hall–Kier alpha value is -1.25. The van der Waals surface area contributed by atoms with Crippen molar-refractivity contribution in [2.45, 2.75) is 470 Å². The predicted octanol–water partition coefficient (Wildman–Crippen LogP) is 27.4. The molecule has 0 saturated carbocycles. The number of allylic oxidation sites excluding steroid dienone is 1. The third-order valence-corrected chi connectivity index (χ3v) is 20.7.